The van der Waals surface area contributed by atoms with Crippen molar-refractivity contribution in [1.82, 2.24) is 5.32 Å². The Hall–Kier alpha value is -0.0200. The summed E-state index contributed by atoms with van der Waals surface area (Å²) in [6.07, 6.45) is 1.00. The fourth-order valence-corrected chi connectivity index (χ4v) is 3.09. The zero-order chi connectivity index (χ0) is 13.4. The van der Waals surface area contributed by atoms with E-state index in [1.165, 1.54) is 0 Å². The average molecular weight is 259 g/mol. The highest BCUT2D eigenvalue weighted by atomic mass is 32.2. The molecule has 1 atom stereocenters. The summed E-state index contributed by atoms with van der Waals surface area (Å²) >= 11 is 1.82. The van der Waals surface area contributed by atoms with E-state index in [4.69, 9.17) is 0 Å². The van der Waals surface area contributed by atoms with E-state index in [2.05, 4.69) is 33.0 Å². The van der Waals surface area contributed by atoms with Crippen molar-refractivity contribution in [3.63, 3.8) is 0 Å². The second-order valence-electron chi connectivity index (χ2n) is 5.65. The fraction of sp³-hybridized carbons (Fsp3) is 0.929. The Balaban J connectivity index is 4.07. The van der Waals surface area contributed by atoms with Crippen LogP contribution in [0.15, 0.2) is 0 Å². The second kappa shape index (κ2) is 8.98. The highest BCUT2D eigenvalue weighted by Crippen LogP contribution is 2.22. The van der Waals surface area contributed by atoms with Crippen LogP contribution in [0.1, 0.15) is 48.0 Å². The first kappa shape index (κ1) is 17.0. The van der Waals surface area contributed by atoms with Gasteiger partial charge in [0.2, 0.25) is 0 Å². The lowest BCUT2D eigenvalue weighted by molar-refractivity contribution is -0.121. The van der Waals surface area contributed by atoms with E-state index in [9.17, 15) is 4.79 Å². The van der Waals surface area contributed by atoms with E-state index in [1.54, 1.807) is 0 Å². The molecular formula is C14H29NOS. The third-order valence-electron chi connectivity index (χ3n) is 2.55. The van der Waals surface area contributed by atoms with E-state index in [1.807, 2.05) is 25.6 Å². The molecule has 0 rings (SSSR count). The van der Waals surface area contributed by atoms with Gasteiger partial charge in [-0.05, 0) is 12.3 Å². The molecule has 0 heterocycles. The summed E-state index contributed by atoms with van der Waals surface area (Å²) in [7, 11) is 0. The van der Waals surface area contributed by atoms with Crippen molar-refractivity contribution in [2.75, 3.05) is 12.3 Å². The van der Waals surface area contributed by atoms with E-state index in [-0.39, 0.29) is 11.2 Å². The lowest BCUT2D eigenvalue weighted by atomic mass is 9.99. The number of nitrogens with one attached hydrogen (secondary N) is 1. The molecule has 0 aliphatic carbocycles. The van der Waals surface area contributed by atoms with Gasteiger partial charge in [-0.1, -0.05) is 41.5 Å². The zero-order valence-corrected chi connectivity index (χ0v) is 13.1. The van der Waals surface area contributed by atoms with Gasteiger partial charge in [-0.15, -0.1) is 11.8 Å². The number of carbonyl (C=O) groups excluding carboxylic acids is 1. The first-order valence-corrected chi connectivity index (χ1v) is 7.78. The summed E-state index contributed by atoms with van der Waals surface area (Å²) in [5.74, 6) is 2.18. The van der Waals surface area contributed by atoms with E-state index in [0.29, 0.717) is 17.7 Å². The molecule has 17 heavy (non-hydrogen) atoms. The predicted octanol–water partition coefficient (Wildman–Crippen LogP) is 3.36. The number of hydrogen-bond acceptors (Lipinski definition) is 3. The Kier molecular flexibility index (Phi) is 8.97. The van der Waals surface area contributed by atoms with Gasteiger partial charge in [-0.2, -0.15) is 0 Å². The number of Topliss-reactive ketones (excluding diaryl/α,β-unsaturated/α-hetero) is 1. The average Bonchev–Trinajstić information content (AvgIpc) is 2.20. The molecular weight excluding hydrogens is 230 g/mol. The maximum atomic E-state index is 12.1. The molecule has 0 bridgehead atoms. The van der Waals surface area contributed by atoms with E-state index < -0.39 is 0 Å². The van der Waals surface area contributed by atoms with Gasteiger partial charge in [0.1, 0.15) is 5.78 Å². The van der Waals surface area contributed by atoms with Crippen molar-refractivity contribution >= 4 is 17.5 Å². The van der Waals surface area contributed by atoms with Crippen LogP contribution in [0, 0.1) is 11.8 Å². The summed E-state index contributed by atoms with van der Waals surface area (Å²) in [5.41, 5.74) is 0. The smallest absolute Gasteiger partial charge is 0.148 e. The van der Waals surface area contributed by atoms with Crippen molar-refractivity contribution in [2.24, 2.45) is 11.8 Å². The number of hydrogen-bond donors (Lipinski definition) is 1. The van der Waals surface area contributed by atoms with Crippen LogP contribution in [0.3, 0.4) is 0 Å². The van der Waals surface area contributed by atoms with Gasteiger partial charge in [0.05, 0.1) is 5.25 Å². The van der Waals surface area contributed by atoms with Crippen LogP contribution in [0.2, 0.25) is 0 Å². The summed E-state index contributed by atoms with van der Waals surface area (Å²) in [6, 6.07) is 0.528. The zero-order valence-electron chi connectivity index (χ0n) is 12.2. The van der Waals surface area contributed by atoms with Gasteiger partial charge >= 0.3 is 0 Å². The van der Waals surface area contributed by atoms with Gasteiger partial charge < -0.3 is 5.32 Å². The molecule has 0 unspecified atom stereocenters. The van der Waals surface area contributed by atoms with Gasteiger partial charge in [0.25, 0.3) is 0 Å². The van der Waals surface area contributed by atoms with Crippen LogP contribution in [0.4, 0.5) is 0 Å². The minimum Gasteiger partial charge on any atom is -0.314 e. The molecule has 0 spiro atoms. The van der Waals surface area contributed by atoms with Crippen LogP contribution < -0.4 is 5.32 Å². The van der Waals surface area contributed by atoms with Crippen LogP contribution >= 0.6 is 11.8 Å². The van der Waals surface area contributed by atoms with Crippen molar-refractivity contribution in [3.8, 4) is 0 Å². The highest BCUT2D eigenvalue weighted by Gasteiger charge is 2.22. The first-order chi connectivity index (χ1) is 7.84. The molecule has 1 N–H and O–H groups in total. The number of carbonyl (C=O) groups is 1. The van der Waals surface area contributed by atoms with Crippen molar-refractivity contribution < 1.29 is 4.79 Å². The van der Waals surface area contributed by atoms with Crippen molar-refractivity contribution in [1.29, 1.82) is 0 Å². The molecule has 0 fully saturated rings. The molecule has 0 amide bonds. The SMILES string of the molecule is CC(C)C[C@H](SCCNC(C)C)C(=O)C(C)C. The Morgan fingerprint density at radius 3 is 2.12 bits per heavy atom. The molecule has 0 saturated heterocycles. The molecule has 0 aliphatic heterocycles. The second-order valence-corrected chi connectivity index (χ2v) is 6.97. The number of thioether (sulfide) groups is 1. The van der Waals surface area contributed by atoms with Crippen LogP contribution in [-0.4, -0.2) is 29.4 Å². The highest BCUT2D eigenvalue weighted by molar-refractivity contribution is 8.00. The normalized spacial score (nSPS) is 13.7. The molecule has 0 saturated carbocycles. The third-order valence-corrected chi connectivity index (χ3v) is 3.81. The number of ketones is 1. The molecule has 0 aromatic heterocycles. The molecule has 0 aliphatic rings. The Morgan fingerprint density at radius 2 is 1.71 bits per heavy atom. The third kappa shape index (κ3) is 8.67. The monoisotopic (exact) mass is 259 g/mol. The molecule has 2 nitrogen and oxygen atoms in total. The Morgan fingerprint density at radius 1 is 1.12 bits per heavy atom. The minimum absolute atomic E-state index is 0.157. The van der Waals surface area contributed by atoms with Crippen molar-refractivity contribution in [2.45, 2.75) is 59.3 Å². The standard InChI is InChI=1S/C14H29NOS/c1-10(2)9-13(14(16)11(3)4)17-8-7-15-12(5)6/h10-13,15H,7-9H2,1-6H3/t13-/m0/s1. The topological polar surface area (TPSA) is 29.1 Å². The summed E-state index contributed by atoms with van der Waals surface area (Å²) in [4.78, 5) is 12.1. The lowest BCUT2D eigenvalue weighted by Crippen LogP contribution is -2.28. The molecule has 0 radical (unpaired) electrons. The maximum absolute atomic E-state index is 12.1. The van der Waals surface area contributed by atoms with E-state index >= 15 is 0 Å². The van der Waals surface area contributed by atoms with Crippen molar-refractivity contribution in [3.05, 3.63) is 0 Å². The van der Waals surface area contributed by atoms with Crippen LogP contribution in [-0.2, 0) is 4.79 Å². The molecule has 102 valence electrons. The Bertz CT molecular complexity index is 214. The quantitative estimate of drug-likeness (QED) is 0.644. The first-order valence-electron chi connectivity index (χ1n) is 6.73. The van der Waals surface area contributed by atoms with Gasteiger partial charge in [-0.3, -0.25) is 4.79 Å². The van der Waals surface area contributed by atoms with Gasteiger partial charge in [0, 0.05) is 24.3 Å². The maximum Gasteiger partial charge on any atom is 0.148 e. The molecule has 0 aromatic rings. The van der Waals surface area contributed by atoms with Gasteiger partial charge in [0.15, 0.2) is 0 Å². The molecule has 0 aromatic carbocycles. The lowest BCUT2D eigenvalue weighted by Gasteiger charge is -2.20. The minimum atomic E-state index is 0.157. The largest absolute Gasteiger partial charge is 0.314 e. The number of rotatable bonds is 9. The fourth-order valence-electron chi connectivity index (χ4n) is 1.62. The van der Waals surface area contributed by atoms with Crippen LogP contribution in [0.5, 0.6) is 0 Å². The summed E-state index contributed by atoms with van der Waals surface area (Å²) in [5, 5.41) is 3.57. The summed E-state index contributed by atoms with van der Waals surface area (Å²) in [6.45, 7) is 13.7. The van der Waals surface area contributed by atoms with E-state index in [0.717, 1.165) is 18.7 Å². The molecule has 3 heteroatoms. The van der Waals surface area contributed by atoms with Crippen LogP contribution in [0.25, 0.3) is 0 Å². The van der Waals surface area contributed by atoms with Gasteiger partial charge in [-0.25, -0.2) is 0 Å². The Labute approximate surface area is 111 Å². The summed E-state index contributed by atoms with van der Waals surface area (Å²) < 4.78 is 0. The predicted molar refractivity (Wildman–Crippen MR) is 78.7 cm³/mol.